The van der Waals surface area contributed by atoms with Gasteiger partial charge < -0.3 is 14.7 Å². The predicted octanol–water partition coefficient (Wildman–Crippen LogP) is 2.87. The predicted molar refractivity (Wildman–Crippen MR) is 127 cm³/mol. The Labute approximate surface area is 198 Å². The minimum atomic E-state index is -3.89. The maximum absolute atomic E-state index is 13.5. The molecule has 1 saturated carbocycles. The summed E-state index contributed by atoms with van der Waals surface area (Å²) in [5.74, 6) is 6.89. The zero-order valence-corrected chi connectivity index (χ0v) is 20.9. The van der Waals surface area contributed by atoms with E-state index in [0.717, 1.165) is 12.8 Å². The number of fused-ring (bicyclic) bond motifs is 1. The molecule has 33 heavy (non-hydrogen) atoms. The largest absolute Gasteiger partial charge is 0.487 e. The summed E-state index contributed by atoms with van der Waals surface area (Å²) in [6.45, 7) is 5.31. The molecule has 0 saturated heterocycles. The molecule has 0 unspecified atom stereocenters. The van der Waals surface area contributed by atoms with Gasteiger partial charge in [0.2, 0.25) is 15.9 Å². The lowest BCUT2D eigenvalue weighted by molar-refractivity contribution is -0.129. The van der Waals surface area contributed by atoms with Crippen molar-refractivity contribution < 1.29 is 23.1 Å². The molecule has 0 spiro atoms. The van der Waals surface area contributed by atoms with Crippen LogP contribution in [-0.4, -0.2) is 67.5 Å². The molecule has 3 rings (SSSR count). The topological polar surface area (TPSA) is 87.2 Å². The summed E-state index contributed by atoms with van der Waals surface area (Å²) >= 11 is 0. The number of benzene rings is 1. The first-order valence-corrected chi connectivity index (χ1v) is 13.2. The summed E-state index contributed by atoms with van der Waals surface area (Å²) < 4.78 is 34.6. The van der Waals surface area contributed by atoms with E-state index in [9.17, 15) is 18.3 Å². The molecule has 0 radical (unpaired) electrons. The number of nitrogens with zero attached hydrogens (tertiary/aromatic N) is 2. The van der Waals surface area contributed by atoms with Crippen molar-refractivity contribution in [3.05, 3.63) is 23.8 Å². The van der Waals surface area contributed by atoms with E-state index in [2.05, 4.69) is 11.8 Å². The van der Waals surface area contributed by atoms with Crippen LogP contribution in [0, 0.1) is 23.7 Å². The third kappa shape index (κ3) is 6.08. The van der Waals surface area contributed by atoms with E-state index in [-0.39, 0.29) is 35.6 Å². The Kier molecular flexibility index (Phi) is 8.43. The molecule has 1 fully saturated rings. The number of aliphatic hydroxyl groups is 1. The molecule has 1 heterocycles. The first-order chi connectivity index (χ1) is 15.6. The highest BCUT2D eigenvalue weighted by Gasteiger charge is 2.38. The number of likely N-dealkylation sites (N-methyl/N-ethyl adjacent to an activating group) is 1. The smallest absolute Gasteiger partial charge is 0.247 e. The molecular weight excluding hydrogens is 440 g/mol. The van der Waals surface area contributed by atoms with Gasteiger partial charge in [-0.05, 0) is 38.0 Å². The minimum Gasteiger partial charge on any atom is -0.487 e. The van der Waals surface area contributed by atoms with E-state index in [4.69, 9.17) is 4.74 Å². The highest BCUT2D eigenvalue weighted by molar-refractivity contribution is 7.89. The number of hydrogen-bond acceptors (Lipinski definition) is 5. The van der Waals surface area contributed by atoms with Crippen LogP contribution >= 0.6 is 0 Å². The van der Waals surface area contributed by atoms with Crippen molar-refractivity contribution >= 4 is 15.9 Å². The van der Waals surface area contributed by atoms with Gasteiger partial charge in [-0.3, -0.25) is 4.79 Å². The molecule has 3 atom stereocenters. The zero-order valence-electron chi connectivity index (χ0n) is 20.1. The second-order valence-electron chi connectivity index (χ2n) is 9.41. The Morgan fingerprint density at radius 3 is 2.64 bits per heavy atom. The van der Waals surface area contributed by atoms with Crippen LogP contribution in [0.5, 0.6) is 5.75 Å². The lowest BCUT2D eigenvalue weighted by Gasteiger charge is -2.37. The number of carbonyl (C=O) groups is 1. The molecule has 2 aliphatic rings. The second-order valence-corrected chi connectivity index (χ2v) is 11.3. The van der Waals surface area contributed by atoms with Crippen molar-refractivity contribution in [3.63, 3.8) is 0 Å². The summed E-state index contributed by atoms with van der Waals surface area (Å²) in [7, 11) is -2.18. The summed E-state index contributed by atoms with van der Waals surface area (Å²) in [6.07, 6.45) is 5.46. The van der Waals surface area contributed by atoms with Gasteiger partial charge >= 0.3 is 0 Å². The molecule has 1 amide bonds. The normalized spacial score (nSPS) is 24.3. The quantitative estimate of drug-likeness (QED) is 0.676. The first kappa shape index (κ1) is 25.5. The average molecular weight is 477 g/mol. The van der Waals surface area contributed by atoms with Crippen LogP contribution < -0.4 is 4.74 Å². The van der Waals surface area contributed by atoms with Crippen molar-refractivity contribution in [2.45, 2.75) is 69.9 Å². The zero-order chi connectivity index (χ0) is 24.2. The molecule has 1 aromatic carbocycles. The van der Waals surface area contributed by atoms with Crippen LogP contribution in [0.15, 0.2) is 23.1 Å². The Balaban J connectivity index is 2.02. The van der Waals surface area contributed by atoms with Crippen LogP contribution in [-0.2, 0) is 14.8 Å². The maximum Gasteiger partial charge on any atom is 0.247 e. The molecule has 182 valence electrons. The summed E-state index contributed by atoms with van der Waals surface area (Å²) in [5.41, 5.74) is 0.711. The SMILES string of the molecule is CC(=O)N(C)C[C@H]1Oc2cc(C#CC3CCCCC3)ccc2S(=O)(=O)N([C@H](C)CO)C[C@H]1C. The Bertz CT molecular complexity index is 1010. The number of aliphatic hydroxyl groups excluding tert-OH is 1. The van der Waals surface area contributed by atoms with Gasteiger partial charge in [-0.2, -0.15) is 4.31 Å². The van der Waals surface area contributed by atoms with Gasteiger partial charge in [-0.25, -0.2) is 8.42 Å². The van der Waals surface area contributed by atoms with Crippen LogP contribution in [0.1, 0.15) is 58.4 Å². The number of ether oxygens (including phenoxy) is 1. The minimum absolute atomic E-state index is 0.0633. The molecule has 1 N–H and O–H groups in total. The van der Waals surface area contributed by atoms with Crippen molar-refractivity contribution in [1.29, 1.82) is 0 Å². The molecular formula is C25H36N2O5S. The monoisotopic (exact) mass is 476 g/mol. The maximum atomic E-state index is 13.5. The standard InChI is InChI=1S/C25H36N2O5S/c1-18-15-27(19(2)17-28)33(30,31)25-13-12-22(11-10-21-8-6-5-7-9-21)14-23(25)32-24(18)16-26(4)20(3)29/h12-14,18-19,21,24,28H,5-9,15-17H2,1-4H3/t18-,19-,24-/m1/s1. The summed E-state index contributed by atoms with van der Waals surface area (Å²) in [5, 5.41) is 9.73. The molecule has 0 bridgehead atoms. The fraction of sp³-hybridized carbons (Fsp3) is 0.640. The van der Waals surface area contributed by atoms with E-state index < -0.39 is 22.2 Å². The van der Waals surface area contributed by atoms with Crippen molar-refractivity contribution in [3.8, 4) is 17.6 Å². The Morgan fingerprint density at radius 1 is 1.30 bits per heavy atom. The van der Waals surface area contributed by atoms with Gasteiger partial charge in [0.05, 0.1) is 13.2 Å². The van der Waals surface area contributed by atoms with Crippen LogP contribution in [0.4, 0.5) is 0 Å². The molecule has 1 aromatic rings. The highest BCUT2D eigenvalue weighted by Crippen LogP contribution is 2.34. The third-order valence-electron chi connectivity index (χ3n) is 6.68. The molecule has 0 aromatic heterocycles. The third-order valence-corrected chi connectivity index (χ3v) is 8.70. The fourth-order valence-electron chi connectivity index (χ4n) is 4.35. The molecule has 8 heteroatoms. The van der Waals surface area contributed by atoms with E-state index in [1.54, 1.807) is 37.1 Å². The number of rotatable bonds is 4. The molecule has 1 aliphatic carbocycles. The van der Waals surface area contributed by atoms with E-state index in [1.807, 2.05) is 6.92 Å². The first-order valence-electron chi connectivity index (χ1n) is 11.8. The van der Waals surface area contributed by atoms with Crippen LogP contribution in [0.25, 0.3) is 0 Å². The fourth-order valence-corrected chi connectivity index (χ4v) is 6.18. The molecule has 1 aliphatic heterocycles. The Hall–Kier alpha value is -2.08. The van der Waals surface area contributed by atoms with E-state index in [1.165, 1.54) is 30.5 Å². The van der Waals surface area contributed by atoms with Gasteiger partial charge in [-0.15, -0.1) is 0 Å². The number of sulfonamides is 1. The van der Waals surface area contributed by atoms with Crippen molar-refractivity contribution in [1.82, 2.24) is 9.21 Å². The summed E-state index contributed by atoms with van der Waals surface area (Å²) in [6, 6.07) is 4.39. The second kappa shape index (κ2) is 10.9. The van der Waals surface area contributed by atoms with Gasteiger partial charge in [0.15, 0.2) is 0 Å². The average Bonchev–Trinajstić information content (AvgIpc) is 2.79. The highest BCUT2D eigenvalue weighted by atomic mass is 32.2. The van der Waals surface area contributed by atoms with E-state index in [0.29, 0.717) is 18.0 Å². The van der Waals surface area contributed by atoms with Gasteiger partial charge in [0, 0.05) is 44.0 Å². The summed E-state index contributed by atoms with van der Waals surface area (Å²) in [4.78, 5) is 13.5. The van der Waals surface area contributed by atoms with Gasteiger partial charge in [0.1, 0.15) is 16.7 Å². The van der Waals surface area contributed by atoms with Crippen LogP contribution in [0.3, 0.4) is 0 Å². The van der Waals surface area contributed by atoms with Gasteiger partial charge in [0.25, 0.3) is 0 Å². The van der Waals surface area contributed by atoms with E-state index >= 15 is 0 Å². The number of hydrogen-bond donors (Lipinski definition) is 1. The van der Waals surface area contributed by atoms with Gasteiger partial charge in [-0.1, -0.05) is 38.0 Å². The lowest BCUT2D eigenvalue weighted by Crippen LogP contribution is -2.50. The number of amides is 1. The van der Waals surface area contributed by atoms with Crippen LogP contribution in [0.2, 0.25) is 0 Å². The van der Waals surface area contributed by atoms with Crippen molar-refractivity contribution in [2.75, 3.05) is 26.7 Å². The molecule has 7 nitrogen and oxygen atoms in total. The Morgan fingerprint density at radius 2 is 2.00 bits per heavy atom. The lowest BCUT2D eigenvalue weighted by atomic mass is 9.90. The van der Waals surface area contributed by atoms with Crippen molar-refractivity contribution in [2.24, 2.45) is 11.8 Å². The number of carbonyl (C=O) groups excluding carboxylic acids is 1.